The fourth-order valence-electron chi connectivity index (χ4n) is 1.95. The SMILES string of the molecule is O=C(O)COC(=O)Cc1cc(O)ccc1Nc1c(Cl)cccc1Cl. The van der Waals surface area contributed by atoms with Crippen LogP contribution < -0.4 is 5.32 Å². The van der Waals surface area contributed by atoms with Gasteiger partial charge < -0.3 is 20.3 Å². The van der Waals surface area contributed by atoms with Crippen LogP contribution in [-0.2, 0) is 20.7 Å². The molecule has 6 nitrogen and oxygen atoms in total. The minimum Gasteiger partial charge on any atom is -0.508 e. The molecule has 0 atom stereocenters. The van der Waals surface area contributed by atoms with Crippen LogP contribution in [0.3, 0.4) is 0 Å². The highest BCUT2D eigenvalue weighted by Gasteiger charge is 2.14. The highest BCUT2D eigenvalue weighted by atomic mass is 35.5. The van der Waals surface area contributed by atoms with Crippen molar-refractivity contribution in [1.29, 1.82) is 0 Å². The summed E-state index contributed by atoms with van der Waals surface area (Å²) in [4.78, 5) is 22.2. The molecule has 0 heterocycles. The third kappa shape index (κ3) is 4.78. The summed E-state index contributed by atoms with van der Waals surface area (Å²) < 4.78 is 4.60. The van der Waals surface area contributed by atoms with Gasteiger partial charge in [0.2, 0.25) is 0 Å². The van der Waals surface area contributed by atoms with Gasteiger partial charge in [-0.2, -0.15) is 0 Å². The Morgan fingerprint density at radius 2 is 1.79 bits per heavy atom. The maximum Gasteiger partial charge on any atom is 0.341 e. The number of aromatic hydroxyl groups is 1. The van der Waals surface area contributed by atoms with Crippen LogP contribution in [0.15, 0.2) is 36.4 Å². The Morgan fingerprint density at radius 3 is 2.42 bits per heavy atom. The number of rotatable bonds is 6. The maximum atomic E-state index is 11.7. The van der Waals surface area contributed by atoms with Crippen molar-refractivity contribution < 1.29 is 24.5 Å². The maximum absolute atomic E-state index is 11.7. The lowest BCUT2D eigenvalue weighted by Crippen LogP contribution is -2.15. The predicted molar refractivity (Wildman–Crippen MR) is 90.2 cm³/mol. The van der Waals surface area contributed by atoms with Crippen LogP contribution in [0, 0.1) is 0 Å². The minimum absolute atomic E-state index is 0.0492. The van der Waals surface area contributed by atoms with E-state index in [2.05, 4.69) is 10.1 Å². The summed E-state index contributed by atoms with van der Waals surface area (Å²) in [6.07, 6.45) is -0.230. The van der Waals surface area contributed by atoms with Crippen molar-refractivity contribution in [2.24, 2.45) is 0 Å². The number of carboxylic acid groups (broad SMARTS) is 1. The summed E-state index contributed by atoms with van der Waals surface area (Å²) in [6, 6.07) is 9.34. The van der Waals surface area contributed by atoms with Crippen LogP contribution in [0.1, 0.15) is 5.56 Å². The summed E-state index contributed by atoms with van der Waals surface area (Å²) in [7, 11) is 0. The molecule has 0 spiro atoms. The van der Waals surface area contributed by atoms with Gasteiger partial charge in [0.15, 0.2) is 6.61 Å². The molecule has 24 heavy (non-hydrogen) atoms. The van der Waals surface area contributed by atoms with Crippen LogP contribution in [-0.4, -0.2) is 28.8 Å². The summed E-state index contributed by atoms with van der Waals surface area (Å²) in [5.41, 5.74) is 1.34. The zero-order valence-corrected chi connectivity index (χ0v) is 13.8. The Kier molecular flexibility index (Phi) is 5.89. The van der Waals surface area contributed by atoms with E-state index in [1.807, 2.05) is 0 Å². The molecule has 3 N–H and O–H groups in total. The molecule has 8 heteroatoms. The summed E-state index contributed by atoms with van der Waals surface area (Å²) >= 11 is 12.2. The lowest BCUT2D eigenvalue weighted by Gasteiger charge is -2.14. The number of benzene rings is 2. The van der Waals surface area contributed by atoms with Crippen molar-refractivity contribution in [2.45, 2.75) is 6.42 Å². The van der Waals surface area contributed by atoms with Crippen molar-refractivity contribution in [3.63, 3.8) is 0 Å². The molecule has 0 aliphatic heterocycles. The summed E-state index contributed by atoms with van der Waals surface area (Å²) in [5.74, 6) is -2.04. The third-order valence-corrected chi connectivity index (χ3v) is 3.63. The number of carbonyl (C=O) groups excluding carboxylic acids is 1. The first-order valence-corrected chi connectivity index (χ1v) is 7.52. The van der Waals surface area contributed by atoms with Gasteiger partial charge in [0.1, 0.15) is 5.75 Å². The largest absolute Gasteiger partial charge is 0.508 e. The molecular weight excluding hydrogens is 357 g/mol. The van der Waals surface area contributed by atoms with E-state index in [0.29, 0.717) is 27.0 Å². The number of phenols is 1. The second-order valence-corrected chi connectivity index (χ2v) is 5.61. The number of aliphatic carboxylic acids is 1. The summed E-state index contributed by atoms with van der Waals surface area (Å²) in [5, 5.41) is 21.9. The highest BCUT2D eigenvalue weighted by molar-refractivity contribution is 6.39. The first kappa shape index (κ1) is 17.9. The van der Waals surface area contributed by atoms with Crippen molar-refractivity contribution in [3.05, 3.63) is 52.0 Å². The second kappa shape index (κ2) is 7.90. The Balaban J connectivity index is 2.24. The number of phenolic OH excluding ortho intramolecular Hbond substituents is 1. The average molecular weight is 370 g/mol. The Labute approximate surface area is 147 Å². The zero-order valence-electron chi connectivity index (χ0n) is 12.3. The Hall–Kier alpha value is -2.44. The Morgan fingerprint density at radius 1 is 1.12 bits per heavy atom. The molecule has 2 aromatic carbocycles. The van der Waals surface area contributed by atoms with Crippen molar-refractivity contribution >= 4 is 46.5 Å². The highest BCUT2D eigenvalue weighted by Crippen LogP contribution is 2.34. The van der Waals surface area contributed by atoms with Gasteiger partial charge in [-0.25, -0.2) is 4.79 Å². The number of anilines is 2. The first-order chi connectivity index (χ1) is 11.4. The van der Waals surface area contributed by atoms with E-state index >= 15 is 0 Å². The average Bonchev–Trinajstić information content (AvgIpc) is 2.51. The topological polar surface area (TPSA) is 95.9 Å². The van der Waals surface area contributed by atoms with E-state index < -0.39 is 18.5 Å². The van der Waals surface area contributed by atoms with Gasteiger partial charge in [0.25, 0.3) is 0 Å². The van der Waals surface area contributed by atoms with E-state index in [9.17, 15) is 14.7 Å². The molecule has 0 amide bonds. The van der Waals surface area contributed by atoms with Crippen molar-refractivity contribution in [2.75, 3.05) is 11.9 Å². The van der Waals surface area contributed by atoms with Crippen LogP contribution in [0.5, 0.6) is 5.75 Å². The Bertz CT molecular complexity index is 759. The van der Waals surface area contributed by atoms with E-state index in [0.717, 1.165) is 0 Å². The first-order valence-electron chi connectivity index (χ1n) is 6.77. The van der Waals surface area contributed by atoms with Crippen LogP contribution in [0.25, 0.3) is 0 Å². The van der Waals surface area contributed by atoms with Gasteiger partial charge >= 0.3 is 11.9 Å². The molecule has 126 valence electrons. The molecule has 0 bridgehead atoms. The fourth-order valence-corrected chi connectivity index (χ4v) is 2.44. The molecule has 0 aliphatic rings. The standard InChI is InChI=1S/C16H13Cl2NO5/c17-11-2-1-3-12(18)16(11)19-13-5-4-10(20)6-9(13)7-15(23)24-8-14(21)22/h1-6,19-20H,7-8H2,(H,21,22). The minimum atomic E-state index is -1.25. The molecule has 2 aromatic rings. The second-order valence-electron chi connectivity index (χ2n) is 4.79. The molecule has 0 unspecified atom stereocenters. The molecule has 0 saturated carbocycles. The number of ether oxygens (including phenoxy) is 1. The van der Waals surface area contributed by atoms with Gasteiger partial charge in [-0.1, -0.05) is 29.3 Å². The molecule has 0 fully saturated rings. The number of esters is 1. The van der Waals surface area contributed by atoms with Crippen LogP contribution >= 0.6 is 23.2 Å². The number of hydrogen-bond donors (Lipinski definition) is 3. The normalized spacial score (nSPS) is 10.2. The lowest BCUT2D eigenvalue weighted by molar-refractivity contribution is -0.154. The molecule has 0 saturated heterocycles. The quantitative estimate of drug-likeness (QED) is 0.531. The van der Waals surface area contributed by atoms with Gasteiger partial charge in [-0.15, -0.1) is 0 Å². The molecule has 0 radical (unpaired) electrons. The van der Waals surface area contributed by atoms with Gasteiger partial charge in [0, 0.05) is 5.69 Å². The molecular formula is C16H13Cl2NO5. The van der Waals surface area contributed by atoms with Crippen molar-refractivity contribution in [3.8, 4) is 5.75 Å². The lowest BCUT2D eigenvalue weighted by atomic mass is 10.1. The van der Waals surface area contributed by atoms with Crippen LogP contribution in [0.4, 0.5) is 11.4 Å². The molecule has 0 aromatic heterocycles. The molecule has 0 aliphatic carbocycles. The van der Waals surface area contributed by atoms with E-state index in [-0.39, 0.29) is 12.2 Å². The van der Waals surface area contributed by atoms with Crippen molar-refractivity contribution in [1.82, 2.24) is 0 Å². The number of para-hydroxylation sites is 1. The van der Waals surface area contributed by atoms with E-state index in [1.54, 1.807) is 24.3 Å². The van der Waals surface area contributed by atoms with E-state index in [1.165, 1.54) is 12.1 Å². The predicted octanol–water partition coefficient (Wildman–Crippen LogP) is 3.61. The number of halogens is 2. The smallest absolute Gasteiger partial charge is 0.341 e. The number of carbonyl (C=O) groups is 2. The monoisotopic (exact) mass is 369 g/mol. The molecule has 2 rings (SSSR count). The van der Waals surface area contributed by atoms with Gasteiger partial charge in [-0.05, 0) is 35.9 Å². The number of nitrogens with one attached hydrogen (secondary N) is 1. The van der Waals surface area contributed by atoms with Gasteiger partial charge in [0.05, 0.1) is 22.2 Å². The zero-order chi connectivity index (χ0) is 17.7. The third-order valence-electron chi connectivity index (χ3n) is 3.00. The van der Waals surface area contributed by atoms with Gasteiger partial charge in [-0.3, -0.25) is 4.79 Å². The van der Waals surface area contributed by atoms with Crippen LogP contribution in [0.2, 0.25) is 10.0 Å². The fraction of sp³-hybridized carbons (Fsp3) is 0.125. The summed E-state index contributed by atoms with van der Waals surface area (Å²) in [6.45, 7) is -0.725. The number of carboxylic acids is 1. The number of hydrogen-bond acceptors (Lipinski definition) is 5. The van der Waals surface area contributed by atoms with E-state index in [4.69, 9.17) is 28.3 Å².